The monoisotopic (exact) mass is 307 g/mol. The maximum absolute atomic E-state index is 10.8. The number of hydrogen-bond acceptors (Lipinski definition) is 3. The number of nitrogens with zero attached hydrogens (tertiary/aromatic N) is 3. The van der Waals surface area contributed by atoms with Gasteiger partial charge in [-0.05, 0) is 34.1 Å². The van der Waals surface area contributed by atoms with E-state index in [9.17, 15) is 4.79 Å². The summed E-state index contributed by atoms with van der Waals surface area (Å²) in [4.78, 5) is 20.1. The van der Waals surface area contributed by atoms with Crippen LogP contribution in [0.15, 0.2) is 41.3 Å². The van der Waals surface area contributed by atoms with Crippen LogP contribution in [-0.4, -0.2) is 28.2 Å². The Kier molecular flexibility index (Phi) is 3.57. The molecule has 0 aromatic carbocycles. The van der Waals surface area contributed by atoms with E-state index >= 15 is 0 Å². The number of amides is 1. The summed E-state index contributed by atoms with van der Waals surface area (Å²) in [7, 11) is 1.45. The molecule has 6 heteroatoms. The number of anilines is 1. The highest BCUT2D eigenvalue weighted by Crippen LogP contribution is 2.21. The van der Waals surface area contributed by atoms with Gasteiger partial charge >= 0.3 is 6.09 Å². The zero-order valence-electron chi connectivity index (χ0n) is 9.54. The maximum Gasteiger partial charge on any atom is 0.412 e. The molecular formula is C12H10BrN3O2. The van der Waals surface area contributed by atoms with Crippen LogP contribution in [0.5, 0.6) is 0 Å². The van der Waals surface area contributed by atoms with E-state index in [4.69, 9.17) is 5.11 Å². The smallest absolute Gasteiger partial charge is 0.412 e. The molecule has 0 bridgehead atoms. The number of carbonyl (C=O) groups is 1. The molecular weight excluding hydrogens is 298 g/mol. The van der Waals surface area contributed by atoms with E-state index in [1.165, 1.54) is 7.05 Å². The van der Waals surface area contributed by atoms with Crippen LogP contribution in [0, 0.1) is 0 Å². The highest BCUT2D eigenvalue weighted by molar-refractivity contribution is 9.10. The molecule has 18 heavy (non-hydrogen) atoms. The van der Waals surface area contributed by atoms with E-state index in [-0.39, 0.29) is 0 Å². The van der Waals surface area contributed by atoms with Gasteiger partial charge in [0, 0.05) is 30.6 Å². The van der Waals surface area contributed by atoms with Crippen LogP contribution in [0.25, 0.3) is 11.1 Å². The van der Waals surface area contributed by atoms with Crippen molar-refractivity contribution in [1.82, 2.24) is 9.97 Å². The van der Waals surface area contributed by atoms with E-state index in [0.717, 1.165) is 20.6 Å². The molecule has 0 saturated carbocycles. The van der Waals surface area contributed by atoms with Crippen LogP contribution in [0.2, 0.25) is 0 Å². The average Bonchev–Trinajstić information content (AvgIpc) is 2.39. The second kappa shape index (κ2) is 5.14. The van der Waals surface area contributed by atoms with E-state index < -0.39 is 6.09 Å². The van der Waals surface area contributed by atoms with Gasteiger partial charge in [-0.1, -0.05) is 6.07 Å². The Labute approximate surface area is 112 Å². The number of rotatable bonds is 2. The van der Waals surface area contributed by atoms with Gasteiger partial charge in [0.15, 0.2) is 0 Å². The van der Waals surface area contributed by atoms with Crippen molar-refractivity contribution >= 4 is 27.8 Å². The van der Waals surface area contributed by atoms with Gasteiger partial charge in [0.05, 0.1) is 0 Å². The van der Waals surface area contributed by atoms with Gasteiger partial charge in [0.2, 0.25) is 0 Å². The van der Waals surface area contributed by atoms with Gasteiger partial charge in [-0.3, -0.25) is 4.90 Å². The molecule has 2 rings (SSSR count). The van der Waals surface area contributed by atoms with Gasteiger partial charge in [0.1, 0.15) is 10.4 Å². The lowest BCUT2D eigenvalue weighted by Crippen LogP contribution is -2.24. The first-order valence-corrected chi connectivity index (χ1v) is 5.92. The molecule has 0 spiro atoms. The fraction of sp³-hybridized carbons (Fsp3) is 0.0833. The molecule has 0 aliphatic rings. The Morgan fingerprint density at radius 3 is 2.22 bits per heavy atom. The van der Waals surface area contributed by atoms with Crippen molar-refractivity contribution in [2.45, 2.75) is 0 Å². The van der Waals surface area contributed by atoms with Crippen molar-refractivity contribution in [2.24, 2.45) is 0 Å². The zero-order valence-corrected chi connectivity index (χ0v) is 11.1. The molecule has 2 aromatic rings. The van der Waals surface area contributed by atoms with Crippen LogP contribution >= 0.6 is 15.9 Å². The molecule has 0 aliphatic heterocycles. The van der Waals surface area contributed by atoms with E-state index in [1.807, 2.05) is 18.2 Å². The molecule has 0 aliphatic carbocycles. The van der Waals surface area contributed by atoms with Crippen molar-refractivity contribution in [3.8, 4) is 11.1 Å². The van der Waals surface area contributed by atoms with Gasteiger partial charge in [-0.15, -0.1) is 0 Å². The van der Waals surface area contributed by atoms with Crippen molar-refractivity contribution in [2.75, 3.05) is 11.9 Å². The van der Waals surface area contributed by atoms with E-state index in [1.54, 1.807) is 18.5 Å². The fourth-order valence-corrected chi connectivity index (χ4v) is 1.63. The van der Waals surface area contributed by atoms with Crippen molar-refractivity contribution < 1.29 is 9.90 Å². The third-order valence-electron chi connectivity index (χ3n) is 2.44. The second-order valence-corrected chi connectivity index (χ2v) is 4.43. The van der Waals surface area contributed by atoms with Gasteiger partial charge < -0.3 is 5.11 Å². The molecule has 5 nitrogen and oxygen atoms in total. The Morgan fingerprint density at radius 2 is 1.78 bits per heavy atom. The van der Waals surface area contributed by atoms with Crippen LogP contribution in [0.4, 0.5) is 10.6 Å². The van der Waals surface area contributed by atoms with Gasteiger partial charge in [-0.25, -0.2) is 14.8 Å². The van der Waals surface area contributed by atoms with Crippen LogP contribution in [-0.2, 0) is 0 Å². The lowest BCUT2D eigenvalue weighted by molar-refractivity contribution is 0.203. The summed E-state index contributed by atoms with van der Waals surface area (Å²) in [6, 6.07) is 7.22. The van der Waals surface area contributed by atoms with E-state index in [0.29, 0.717) is 5.82 Å². The molecule has 2 heterocycles. The summed E-state index contributed by atoms with van der Waals surface area (Å²) in [6.07, 6.45) is 2.31. The van der Waals surface area contributed by atoms with Crippen molar-refractivity contribution in [1.29, 1.82) is 0 Å². The predicted octanol–water partition coefficient (Wildman–Crippen LogP) is 3.02. The molecule has 0 fully saturated rings. The average molecular weight is 308 g/mol. The maximum atomic E-state index is 10.8. The third-order valence-corrected chi connectivity index (χ3v) is 2.91. The standard InChI is InChI=1S/C12H10BrN3O2/c1-16(12(17)18)11-5-3-9(7-15-11)8-2-4-10(13)14-6-8/h2-7H,1H3,(H,17,18). The highest BCUT2D eigenvalue weighted by Gasteiger charge is 2.09. The first-order valence-electron chi connectivity index (χ1n) is 5.12. The minimum absolute atomic E-state index is 0.385. The topological polar surface area (TPSA) is 66.3 Å². The zero-order chi connectivity index (χ0) is 13.1. The molecule has 92 valence electrons. The summed E-state index contributed by atoms with van der Waals surface area (Å²) in [5.41, 5.74) is 1.81. The molecule has 0 atom stereocenters. The Bertz CT molecular complexity index is 555. The molecule has 2 aromatic heterocycles. The molecule has 0 radical (unpaired) electrons. The summed E-state index contributed by atoms with van der Waals surface area (Å²) in [5.74, 6) is 0.385. The quantitative estimate of drug-likeness (QED) is 0.866. The van der Waals surface area contributed by atoms with Crippen LogP contribution < -0.4 is 4.90 Å². The fourth-order valence-electron chi connectivity index (χ4n) is 1.40. The Hall–Kier alpha value is -1.95. The summed E-state index contributed by atoms with van der Waals surface area (Å²) in [5, 5.41) is 8.82. The SMILES string of the molecule is CN(C(=O)O)c1ccc(-c2ccc(Br)nc2)cn1. The van der Waals surface area contributed by atoms with Crippen LogP contribution in [0.3, 0.4) is 0 Å². The lowest BCUT2D eigenvalue weighted by Gasteiger charge is -2.11. The molecule has 1 N–H and O–H groups in total. The second-order valence-electron chi connectivity index (χ2n) is 3.62. The van der Waals surface area contributed by atoms with Crippen LogP contribution in [0.1, 0.15) is 0 Å². The minimum Gasteiger partial charge on any atom is -0.465 e. The number of pyridine rings is 2. The summed E-state index contributed by atoms with van der Waals surface area (Å²) >= 11 is 3.27. The third kappa shape index (κ3) is 2.65. The number of halogens is 1. The van der Waals surface area contributed by atoms with Crippen molar-refractivity contribution in [3.05, 3.63) is 41.3 Å². The molecule has 1 amide bonds. The first-order chi connectivity index (χ1) is 8.58. The minimum atomic E-state index is -1.04. The predicted molar refractivity (Wildman–Crippen MR) is 71.6 cm³/mol. The Morgan fingerprint density at radius 1 is 1.17 bits per heavy atom. The number of aromatic nitrogens is 2. The molecule has 0 saturated heterocycles. The highest BCUT2D eigenvalue weighted by atomic mass is 79.9. The van der Waals surface area contributed by atoms with Crippen molar-refractivity contribution in [3.63, 3.8) is 0 Å². The number of hydrogen-bond donors (Lipinski definition) is 1. The normalized spacial score (nSPS) is 10.1. The first kappa shape index (κ1) is 12.5. The largest absolute Gasteiger partial charge is 0.465 e. The molecule has 0 unspecified atom stereocenters. The number of carboxylic acid groups (broad SMARTS) is 1. The van der Waals surface area contributed by atoms with E-state index in [2.05, 4.69) is 25.9 Å². The Balaban J connectivity index is 2.27. The summed E-state index contributed by atoms with van der Waals surface area (Å²) in [6.45, 7) is 0. The van der Waals surface area contributed by atoms with Gasteiger partial charge in [-0.2, -0.15) is 0 Å². The lowest BCUT2D eigenvalue weighted by atomic mass is 10.1. The summed E-state index contributed by atoms with van der Waals surface area (Å²) < 4.78 is 0.765. The van der Waals surface area contributed by atoms with Gasteiger partial charge in [0.25, 0.3) is 0 Å².